The second-order valence-electron chi connectivity index (χ2n) is 6.64. The first-order valence-electron chi connectivity index (χ1n) is 8.63. The minimum Gasteiger partial charge on any atom is -0.355 e. The molecule has 0 unspecified atom stereocenters. The number of nitrogens with one attached hydrogen (secondary N) is 2. The van der Waals surface area contributed by atoms with E-state index in [0.717, 1.165) is 4.31 Å². The van der Waals surface area contributed by atoms with Crippen LogP contribution in [-0.4, -0.2) is 43.5 Å². The average Bonchev–Trinajstić information content (AvgIpc) is 2.87. The first-order chi connectivity index (χ1) is 13.6. The molecule has 3 amide bonds. The molecule has 8 nitrogen and oxygen atoms in total. The molecular formula is C19H18ClN3O5S. The lowest BCUT2D eigenvalue weighted by molar-refractivity contribution is 0.0845. The molecule has 152 valence electrons. The van der Waals surface area contributed by atoms with Crippen LogP contribution in [0.2, 0.25) is 5.02 Å². The number of amides is 3. The Hall–Kier alpha value is -2.91. The fourth-order valence-electron chi connectivity index (χ4n) is 3.01. The van der Waals surface area contributed by atoms with E-state index >= 15 is 0 Å². The van der Waals surface area contributed by atoms with Gasteiger partial charge in [-0.2, -0.15) is 0 Å². The lowest BCUT2D eigenvalue weighted by Crippen LogP contribution is -2.36. The highest BCUT2D eigenvalue weighted by atomic mass is 35.5. The number of nitrogens with zero attached hydrogens (tertiary/aromatic N) is 1. The lowest BCUT2D eigenvalue weighted by Gasteiger charge is -2.18. The molecule has 0 radical (unpaired) electrons. The fraction of sp³-hybridized carbons (Fsp3) is 0.211. The summed E-state index contributed by atoms with van der Waals surface area (Å²) < 4.78 is 26.1. The Kier molecular flexibility index (Phi) is 5.38. The number of anilines is 1. The monoisotopic (exact) mass is 435 g/mol. The van der Waals surface area contributed by atoms with Gasteiger partial charge in [0.15, 0.2) is 0 Å². The Morgan fingerprint density at radius 1 is 1.07 bits per heavy atom. The Morgan fingerprint density at radius 3 is 2.38 bits per heavy atom. The van der Waals surface area contributed by atoms with E-state index in [1.807, 2.05) is 0 Å². The normalized spacial score (nSPS) is 14.7. The summed E-state index contributed by atoms with van der Waals surface area (Å²) in [6.07, 6.45) is 0. The van der Waals surface area contributed by atoms with Crippen LogP contribution in [0, 0.1) is 0 Å². The molecule has 0 atom stereocenters. The summed E-state index contributed by atoms with van der Waals surface area (Å²) in [6, 6.07) is 7.72. The highest BCUT2D eigenvalue weighted by Gasteiger charge is 2.42. The van der Waals surface area contributed by atoms with Crippen LogP contribution >= 0.6 is 11.6 Å². The topological polar surface area (TPSA) is 113 Å². The number of halogens is 1. The predicted octanol–water partition coefficient (Wildman–Crippen LogP) is 2.50. The maximum absolute atomic E-state index is 12.7. The number of fused-ring (bicyclic) bond motifs is 1. The van der Waals surface area contributed by atoms with Gasteiger partial charge in [-0.05, 0) is 50.2 Å². The molecule has 3 rings (SSSR count). The van der Waals surface area contributed by atoms with Crippen molar-refractivity contribution in [3.8, 4) is 0 Å². The number of carbonyl (C=O) groups is 3. The zero-order valence-corrected chi connectivity index (χ0v) is 17.4. The van der Waals surface area contributed by atoms with Crippen LogP contribution in [-0.2, 0) is 10.0 Å². The highest BCUT2D eigenvalue weighted by Crippen LogP contribution is 2.32. The van der Waals surface area contributed by atoms with Gasteiger partial charge in [0.2, 0.25) is 0 Å². The van der Waals surface area contributed by atoms with E-state index in [-0.39, 0.29) is 26.6 Å². The van der Waals surface area contributed by atoms with Crippen LogP contribution in [0.1, 0.15) is 44.9 Å². The third-order valence-corrected chi connectivity index (χ3v) is 6.70. The molecule has 1 heterocycles. The minimum absolute atomic E-state index is 0.0312. The minimum atomic E-state index is -4.02. The Morgan fingerprint density at radius 2 is 1.76 bits per heavy atom. The first kappa shape index (κ1) is 20.8. The lowest BCUT2D eigenvalue weighted by atomic mass is 10.1. The summed E-state index contributed by atoms with van der Waals surface area (Å²) >= 11 is 5.99. The van der Waals surface area contributed by atoms with E-state index in [1.54, 1.807) is 13.8 Å². The predicted molar refractivity (Wildman–Crippen MR) is 108 cm³/mol. The van der Waals surface area contributed by atoms with Crippen molar-refractivity contribution in [1.29, 1.82) is 0 Å². The van der Waals surface area contributed by atoms with Gasteiger partial charge >= 0.3 is 0 Å². The van der Waals surface area contributed by atoms with E-state index in [4.69, 9.17) is 11.6 Å². The fourth-order valence-corrected chi connectivity index (χ4v) is 5.01. The number of benzene rings is 2. The van der Waals surface area contributed by atoms with Crippen molar-refractivity contribution in [3.63, 3.8) is 0 Å². The van der Waals surface area contributed by atoms with Crippen molar-refractivity contribution in [3.05, 3.63) is 58.1 Å². The molecule has 2 aromatic rings. The molecule has 1 aliphatic heterocycles. The zero-order chi connectivity index (χ0) is 21.5. The average molecular weight is 436 g/mol. The molecule has 2 N–H and O–H groups in total. The van der Waals surface area contributed by atoms with Crippen LogP contribution in [0.25, 0.3) is 0 Å². The van der Waals surface area contributed by atoms with E-state index < -0.39 is 33.8 Å². The van der Waals surface area contributed by atoms with Gasteiger partial charge in [-0.25, -0.2) is 12.7 Å². The van der Waals surface area contributed by atoms with Gasteiger partial charge in [0, 0.05) is 24.3 Å². The molecule has 0 aliphatic carbocycles. The zero-order valence-electron chi connectivity index (χ0n) is 15.8. The van der Waals surface area contributed by atoms with Crippen LogP contribution in [0.3, 0.4) is 0 Å². The van der Waals surface area contributed by atoms with E-state index in [2.05, 4.69) is 10.6 Å². The molecule has 1 aliphatic rings. The highest BCUT2D eigenvalue weighted by molar-refractivity contribution is 7.90. The van der Waals surface area contributed by atoms with E-state index in [9.17, 15) is 22.8 Å². The largest absolute Gasteiger partial charge is 0.355 e. The van der Waals surface area contributed by atoms with Crippen molar-refractivity contribution in [1.82, 2.24) is 9.62 Å². The van der Waals surface area contributed by atoms with Crippen molar-refractivity contribution in [2.24, 2.45) is 0 Å². The standard InChI is InChI=1S/C19H18ClN3O5S/c1-10(2)23-19(26)13-6-4-11(8-16(13)29(23,27)28)17(24)22-12-5-7-15(20)14(9-12)18(25)21-3/h4-10H,1-3H3,(H,21,25)(H,22,24). The molecule has 10 heteroatoms. The number of rotatable bonds is 4. The molecule has 0 saturated heterocycles. The van der Waals surface area contributed by atoms with Crippen molar-refractivity contribution >= 4 is 45.0 Å². The van der Waals surface area contributed by atoms with Crippen LogP contribution in [0.5, 0.6) is 0 Å². The van der Waals surface area contributed by atoms with Crippen molar-refractivity contribution < 1.29 is 22.8 Å². The summed E-state index contributed by atoms with van der Waals surface area (Å²) in [6.45, 7) is 3.19. The van der Waals surface area contributed by atoms with Crippen LogP contribution in [0.4, 0.5) is 5.69 Å². The summed E-state index contributed by atoms with van der Waals surface area (Å²) in [5.41, 5.74) is 0.578. The number of hydrogen-bond donors (Lipinski definition) is 2. The summed E-state index contributed by atoms with van der Waals surface area (Å²) in [7, 11) is -2.56. The van der Waals surface area contributed by atoms with Gasteiger partial charge in [0.05, 0.1) is 16.1 Å². The molecule has 0 fully saturated rings. The smallest absolute Gasteiger partial charge is 0.269 e. The van der Waals surface area contributed by atoms with Gasteiger partial charge in [-0.15, -0.1) is 0 Å². The van der Waals surface area contributed by atoms with Crippen molar-refractivity contribution in [2.45, 2.75) is 24.8 Å². The quantitative estimate of drug-likeness (QED) is 0.766. The van der Waals surface area contributed by atoms with Gasteiger partial charge in [-0.3, -0.25) is 14.4 Å². The number of hydrogen-bond acceptors (Lipinski definition) is 5. The maximum Gasteiger partial charge on any atom is 0.269 e. The second kappa shape index (κ2) is 7.49. The van der Waals surface area contributed by atoms with Gasteiger partial charge in [-0.1, -0.05) is 11.6 Å². The third kappa shape index (κ3) is 3.58. The summed E-state index contributed by atoms with van der Waals surface area (Å²) in [5.74, 6) is -1.62. The molecule has 0 bridgehead atoms. The van der Waals surface area contributed by atoms with Crippen LogP contribution in [0.15, 0.2) is 41.3 Å². The van der Waals surface area contributed by atoms with Gasteiger partial charge in [0.25, 0.3) is 27.7 Å². The van der Waals surface area contributed by atoms with E-state index in [0.29, 0.717) is 5.69 Å². The summed E-state index contributed by atoms with van der Waals surface area (Å²) in [4.78, 5) is 36.6. The second-order valence-corrected chi connectivity index (χ2v) is 8.83. The first-order valence-corrected chi connectivity index (χ1v) is 10.5. The molecule has 2 aromatic carbocycles. The molecule has 0 saturated carbocycles. The van der Waals surface area contributed by atoms with E-state index in [1.165, 1.54) is 43.4 Å². The SMILES string of the molecule is CNC(=O)c1cc(NC(=O)c2ccc3c(c2)S(=O)(=O)N(C(C)C)C3=O)ccc1Cl. The molecular weight excluding hydrogens is 418 g/mol. The maximum atomic E-state index is 12.7. The Labute approximate surface area is 172 Å². The van der Waals surface area contributed by atoms with Gasteiger partial charge in [0.1, 0.15) is 4.90 Å². The number of carbonyl (C=O) groups excluding carboxylic acids is 3. The number of sulfonamides is 1. The molecule has 0 spiro atoms. The van der Waals surface area contributed by atoms with Crippen molar-refractivity contribution in [2.75, 3.05) is 12.4 Å². The van der Waals surface area contributed by atoms with Crippen LogP contribution < -0.4 is 10.6 Å². The van der Waals surface area contributed by atoms with Gasteiger partial charge < -0.3 is 10.6 Å². The summed E-state index contributed by atoms with van der Waals surface area (Å²) in [5, 5.41) is 5.27. The Bertz CT molecular complexity index is 1140. The Balaban J connectivity index is 1.93. The third-order valence-electron chi connectivity index (χ3n) is 4.38. The molecule has 0 aromatic heterocycles. The molecule has 29 heavy (non-hydrogen) atoms.